The van der Waals surface area contributed by atoms with Crippen LogP contribution in [0.25, 0.3) is 0 Å². The molecule has 1 heterocycles. The van der Waals surface area contributed by atoms with E-state index in [1.807, 2.05) is 24.3 Å². The first-order chi connectivity index (χ1) is 10.6. The van der Waals surface area contributed by atoms with Crippen LogP contribution in [0, 0.1) is 6.92 Å². The van der Waals surface area contributed by atoms with Crippen LogP contribution in [0.3, 0.4) is 0 Å². The first-order valence-electron chi connectivity index (χ1n) is 7.45. The molecule has 2 aromatic rings. The Hall–Kier alpha value is -1.72. The van der Waals surface area contributed by atoms with Gasteiger partial charge in [0.15, 0.2) is 0 Å². The minimum absolute atomic E-state index is 0.0538. The van der Waals surface area contributed by atoms with Crippen LogP contribution in [0.1, 0.15) is 38.4 Å². The summed E-state index contributed by atoms with van der Waals surface area (Å²) in [5, 5.41) is 4.04. The number of hydrogen-bond acceptors (Lipinski definition) is 4. The maximum Gasteiger partial charge on any atom is 0.251 e. The molecule has 22 heavy (non-hydrogen) atoms. The number of aryl methyl sites for hydroxylation is 2. The van der Waals surface area contributed by atoms with Crippen LogP contribution >= 0.6 is 11.3 Å². The van der Waals surface area contributed by atoms with E-state index < -0.39 is 0 Å². The summed E-state index contributed by atoms with van der Waals surface area (Å²) in [4.78, 5) is 18.0. The van der Waals surface area contributed by atoms with Crippen LogP contribution in [-0.2, 0) is 24.2 Å². The zero-order valence-corrected chi connectivity index (χ0v) is 14.1. The van der Waals surface area contributed by atoms with Gasteiger partial charge in [-0.3, -0.25) is 4.79 Å². The van der Waals surface area contributed by atoms with E-state index in [1.54, 1.807) is 18.4 Å². The zero-order chi connectivity index (χ0) is 15.9. The highest BCUT2D eigenvalue weighted by Crippen LogP contribution is 2.18. The summed E-state index contributed by atoms with van der Waals surface area (Å²) in [7, 11) is 1.65. The molecule has 0 unspecified atom stereocenters. The molecule has 0 aliphatic heterocycles. The lowest BCUT2D eigenvalue weighted by atomic mass is 10.1. The topological polar surface area (TPSA) is 51.2 Å². The summed E-state index contributed by atoms with van der Waals surface area (Å²) in [5.41, 5.74) is 2.83. The third-order valence-electron chi connectivity index (χ3n) is 3.40. The predicted octanol–water partition coefficient (Wildman–Crippen LogP) is 3.13. The molecule has 1 aromatic heterocycles. The lowest BCUT2D eigenvalue weighted by Crippen LogP contribution is -2.25. The lowest BCUT2D eigenvalue weighted by Gasteiger charge is -2.06. The van der Waals surface area contributed by atoms with Gasteiger partial charge in [0.25, 0.3) is 5.91 Å². The molecule has 5 heteroatoms. The summed E-state index contributed by atoms with van der Waals surface area (Å²) >= 11 is 1.72. The molecule has 0 spiro atoms. The zero-order valence-electron chi connectivity index (χ0n) is 13.3. The maximum atomic E-state index is 12.2. The van der Waals surface area contributed by atoms with Crippen molar-refractivity contribution in [1.29, 1.82) is 0 Å². The van der Waals surface area contributed by atoms with Crippen LogP contribution in [0.5, 0.6) is 0 Å². The molecule has 4 nitrogen and oxygen atoms in total. The number of rotatable bonds is 7. The van der Waals surface area contributed by atoms with Gasteiger partial charge in [-0.1, -0.05) is 19.1 Å². The van der Waals surface area contributed by atoms with Crippen LogP contribution in [0.4, 0.5) is 0 Å². The summed E-state index contributed by atoms with van der Waals surface area (Å²) in [6, 6.07) is 7.50. The smallest absolute Gasteiger partial charge is 0.251 e. The van der Waals surface area contributed by atoms with Gasteiger partial charge in [0.05, 0.1) is 17.3 Å². The highest BCUT2D eigenvalue weighted by atomic mass is 32.1. The van der Waals surface area contributed by atoms with Gasteiger partial charge in [-0.25, -0.2) is 4.98 Å². The second-order valence-electron chi connectivity index (χ2n) is 5.10. The Labute approximate surface area is 135 Å². The van der Waals surface area contributed by atoms with Crippen LogP contribution < -0.4 is 5.32 Å². The molecule has 0 saturated carbocycles. The largest absolute Gasteiger partial charge is 0.380 e. The number of nitrogens with zero attached hydrogens (tertiary/aromatic N) is 1. The molecule has 0 atom stereocenters. The first kappa shape index (κ1) is 16.6. The molecule has 118 valence electrons. The van der Waals surface area contributed by atoms with Gasteiger partial charge in [-0.15, -0.1) is 11.3 Å². The van der Waals surface area contributed by atoms with Gasteiger partial charge < -0.3 is 10.1 Å². The Morgan fingerprint density at radius 2 is 2.23 bits per heavy atom. The summed E-state index contributed by atoms with van der Waals surface area (Å²) in [6.07, 6.45) is 1.73. The normalized spacial score (nSPS) is 10.7. The molecule has 1 aromatic carbocycles. The van der Waals surface area contributed by atoms with Crippen molar-refractivity contribution in [1.82, 2.24) is 10.3 Å². The van der Waals surface area contributed by atoms with E-state index >= 15 is 0 Å². The van der Waals surface area contributed by atoms with E-state index in [9.17, 15) is 4.79 Å². The van der Waals surface area contributed by atoms with Crippen molar-refractivity contribution >= 4 is 17.2 Å². The van der Waals surface area contributed by atoms with E-state index in [1.165, 1.54) is 10.6 Å². The molecule has 2 rings (SSSR count). The number of nitrogens with one attached hydrogen (secondary N) is 1. The van der Waals surface area contributed by atoms with Crippen LogP contribution in [0.15, 0.2) is 24.3 Å². The number of carbonyl (C=O) groups is 1. The number of methoxy groups -OCH3 is 1. The maximum absolute atomic E-state index is 12.2. The van der Waals surface area contributed by atoms with Gasteiger partial charge in [0.1, 0.15) is 0 Å². The Morgan fingerprint density at radius 1 is 1.41 bits per heavy atom. The first-order valence-corrected chi connectivity index (χ1v) is 8.27. The summed E-state index contributed by atoms with van der Waals surface area (Å²) in [5.74, 6) is -0.0538. The van der Waals surface area contributed by atoms with Crippen LogP contribution in [0.2, 0.25) is 0 Å². The second kappa shape index (κ2) is 8.06. The molecule has 0 radical (unpaired) electrons. The highest BCUT2D eigenvalue weighted by Gasteiger charge is 2.08. The van der Waals surface area contributed by atoms with Crippen molar-refractivity contribution in [2.75, 3.05) is 13.7 Å². The fraction of sp³-hybridized carbons (Fsp3) is 0.412. The van der Waals surface area contributed by atoms with Crippen molar-refractivity contribution < 1.29 is 9.53 Å². The van der Waals surface area contributed by atoms with Gasteiger partial charge in [0.2, 0.25) is 0 Å². The summed E-state index contributed by atoms with van der Waals surface area (Å²) < 4.78 is 5.09. The van der Waals surface area contributed by atoms with Crippen LogP contribution in [-0.4, -0.2) is 24.5 Å². The number of aromatic nitrogens is 1. The number of amides is 1. The SMILES string of the molecule is CCc1nc(CCNC(=O)c2cccc(COC)c2)sc1C. The average Bonchev–Trinajstić information content (AvgIpc) is 2.88. The quantitative estimate of drug-likeness (QED) is 0.853. The number of carbonyl (C=O) groups excluding carboxylic acids is 1. The van der Waals surface area contributed by atoms with Crippen molar-refractivity contribution in [2.45, 2.75) is 33.3 Å². The lowest BCUT2D eigenvalue weighted by molar-refractivity contribution is 0.0954. The average molecular weight is 318 g/mol. The second-order valence-corrected chi connectivity index (χ2v) is 6.39. The van der Waals surface area contributed by atoms with Gasteiger partial charge >= 0.3 is 0 Å². The van der Waals surface area contributed by atoms with E-state index in [0.29, 0.717) is 18.7 Å². The number of hydrogen-bond donors (Lipinski definition) is 1. The molecule has 0 saturated heterocycles. The van der Waals surface area contributed by atoms with E-state index in [2.05, 4.69) is 24.1 Å². The fourth-order valence-corrected chi connectivity index (χ4v) is 3.30. The molecule has 0 bridgehead atoms. The van der Waals surface area contributed by atoms with Crippen molar-refractivity contribution in [3.05, 3.63) is 51.0 Å². The Bertz CT molecular complexity index is 637. The molecule has 0 fully saturated rings. The molecule has 0 aliphatic carbocycles. The standard InChI is InChI=1S/C17H22N2O2S/c1-4-15-12(2)22-16(19-15)8-9-18-17(20)14-7-5-6-13(10-14)11-21-3/h5-7,10H,4,8-9,11H2,1-3H3,(H,18,20). The highest BCUT2D eigenvalue weighted by molar-refractivity contribution is 7.11. The molecule has 0 aliphatic rings. The van der Waals surface area contributed by atoms with Gasteiger partial charge in [-0.2, -0.15) is 0 Å². The molecular weight excluding hydrogens is 296 g/mol. The Balaban J connectivity index is 1.88. The summed E-state index contributed by atoms with van der Waals surface area (Å²) in [6.45, 7) is 5.32. The van der Waals surface area contributed by atoms with Crippen molar-refractivity contribution in [3.63, 3.8) is 0 Å². The molecular formula is C17H22N2O2S. The number of ether oxygens (including phenoxy) is 1. The van der Waals surface area contributed by atoms with Gasteiger partial charge in [0, 0.05) is 30.5 Å². The van der Waals surface area contributed by atoms with E-state index in [0.717, 1.165) is 23.4 Å². The third-order valence-corrected chi connectivity index (χ3v) is 4.47. The third kappa shape index (κ3) is 4.39. The van der Waals surface area contributed by atoms with E-state index in [-0.39, 0.29) is 5.91 Å². The van der Waals surface area contributed by atoms with Gasteiger partial charge in [-0.05, 0) is 31.0 Å². The fourth-order valence-electron chi connectivity index (χ4n) is 2.28. The number of thiazole rings is 1. The minimum Gasteiger partial charge on any atom is -0.380 e. The Kier molecular flexibility index (Phi) is 6.10. The van der Waals surface area contributed by atoms with E-state index in [4.69, 9.17) is 4.74 Å². The molecule has 1 amide bonds. The van der Waals surface area contributed by atoms with Crippen molar-refractivity contribution in [2.24, 2.45) is 0 Å². The molecule has 1 N–H and O–H groups in total. The predicted molar refractivity (Wildman–Crippen MR) is 89.4 cm³/mol. The van der Waals surface area contributed by atoms with Crippen molar-refractivity contribution in [3.8, 4) is 0 Å². The Morgan fingerprint density at radius 3 is 2.91 bits per heavy atom. The monoisotopic (exact) mass is 318 g/mol. The minimum atomic E-state index is -0.0538. The number of benzene rings is 1.